The highest BCUT2D eigenvalue weighted by Gasteiger charge is 2.32. The predicted molar refractivity (Wildman–Crippen MR) is 96.9 cm³/mol. The van der Waals surface area contributed by atoms with E-state index in [9.17, 15) is 9.59 Å². The number of thiophene rings is 1. The molecule has 1 unspecified atom stereocenters. The molecule has 0 bridgehead atoms. The minimum atomic E-state index is -0.362. The first-order valence-electron chi connectivity index (χ1n) is 7.97. The summed E-state index contributed by atoms with van der Waals surface area (Å²) in [5, 5.41) is 5.58. The van der Waals surface area contributed by atoms with Crippen LogP contribution in [0.25, 0.3) is 0 Å². The number of urea groups is 1. The smallest absolute Gasteiger partial charge is 0.338 e. The van der Waals surface area contributed by atoms with Crippen molar-refractivity contribution < 1.29 is 19.2 Å². The summed E-state index contributed by atoms with van der Waals surface area (Å²) in [4.78, 5) is 26.7. The molecule has 2 atom stereocenters. The maximum Gasteiger partial charge on any atom is 0.338 e. The van der Waals surface area contributed by atoms with Crippen molar-refractivity contribution in [3.05, 3.63) is 32.1 Å². The topological polar surface area (TPSA) is 71.9 Å². The molecule has 0 aromatic carbocycles. The van der Waals surface area contributed by atoms with Crippen LogP contribution in [0.15, 0.2) is 27.2 Å². The summed E-state index contributed by atoms with van der Waals surface area (Å²) >= 11 is 5.15. The van der Waals surface area contributed by atoms with Gasteiger partial charge in [0.05, 0.1) is 39.6 Å². The maximum atomic E-state index is 12.3. The third kappa shape index (κ3) is 4.81. The van der Waals surface area contributed by atoms with Gasteiger partial charge in [0.2, 0.25) is 0 Å². The molecule has 0 saturated carbocycles. The van der Waals surface area contributed by atoms with Crippen LogP contribution in [0, 0.1) is 0 Å². The molecule has 0 aliphatic carbocycles. The maximum absolute atomic E-state index is 12.3. The van der Waals surface area contributed by atoms with E-state index in [1.165, 1.54) is 9.78 Å². The highest BCUT2D eigenvalue weighted by molar-refractivity contribution is 9.11. The Morgan fingerprint density at radius 2 is 2.12 bits per heavy atom. The summed E-state index contributed by atoms with van der Waals surface area (Å²) in [5.74, 6) is -0.362. The number of quaternary nitrogens is 1. The Kier molecular flexibility index (Phi) is 6.82. The van der Waals surface area contributed by atoms with E-state index in [0.717, 1.165) is 10.3 Å². The van der Waals surface area contributed by atoms with Gasteiger partial charge in [0.15, 0.2) is 0 Å². The van der Waals surface area contributed by atoms with Crippen LogP contribution in [0.3, 0.4) is 0 Å². The number of ether oxygens (including phenoxy) is 1. The monoisotopic (exact) mass is 416 g/mol. The van der Waals surface area contributed by atoms with Gasteiger partial charge in [0.25, 0.3) is 0 Å². The molecule has 1 aromatic heterocycles. The summed E-state index contributed by atoms with van der Waals surface area (Å²) in [7, 11) is 2.04. The van der Waals surface area contributed by atoms with Gasteiger partial charge >= 0.3 is 12.0 Å². The Balaban J connectivity index is 2.19. The molecule has 0 fully saturated rings. The lowest BCUT2D eigenvalue weighted by molar-refractivity contribution is -0.888. The van der Waals surface area contributed by atoms with Crippen molar-refractivity contribution in [2.24, 2.45) is 0 Å². The van der Waals surface area contributed by atoms with E-state index in [1.807, 2.05) is 20.0 Å². The van der Waals surface area contributed by atoms with Crippen molar-refractivity contribution in [1.29, 1.82) is 0 Å². The molecule has 1 aliphatic heterocycles. The van der Waals surface area contributed by atoms with E-state index in [0.29, 0.717) is 30.8 Å². The normalized spacial score (nSPS) is 18.8. The minimum absolute atomic E-state index is 0.267. The van der Waals surface area contributed by atoms with E-state index >= 15 is 0 Å². The van der Waals surface area contributed by atoms with Gasteiger partial charge in [0, 0.05) is 0 Å². The van der Waals surface area contributed by atoms with Crippen molar-refractivity contribution in [2.75, 3.05) is 20.2 Å². The zero-order chi connectivity index (χ0) is 17.7. The van der Waals surface area contributed by atoms with E-state index in [2.05, 4.69) is 32.6 Å². The molecular weight excluding hydrogens is 394 g/mol. The number of amides is 2. The third-order valence-electron chi connectivity index (χ3n) is 3.73. The first-order valence-corrected chi connectivity index (χ1v) is 9.58. The molecule has 6 nitrogen and oxygen atoms in total. The van der Waals surface area contributed by atoms with Crippen LogP contribution in [0.1, 0.15) is 25.1 Å². The predicted octanol–water partition coefficient (Wildman–Crippen LogP) is 1.43. The highest BCUT2D eigenvalue weighted by Crippen LogP contribution is 2.21. The molecule has 2 rings (SSSR count). The van der Waals surface area contributed by atoms with Crippen LogP contribution in [-0.4, -0.2) is 38.2 Å². The van der Waals surface area contributed by atoms with Gasteiger partial charge in [0.1, 0.15) is 13.1 Å². The van der Waals surface area contributed by atoms with Crippen molar-refractivity contribution in [1.82, 2.24) is 10.6 Å². The zero-order valence-electron chi connectivity index (χ0n) is 14.1. The summed E-state index contributed by atoms with van der Waals surface area (Å²) in [6.45, 7) is 5.39. The number of esters is 1. The van der Waals surface area contributed by atoms with E-state index in [4.69, 9.17) is 4.74 Å². The van der Waals surface area contributed by atoms with Crippen molar-refractivity contribution in [3.63, 3.8) is 0 Å². The van der Waals surface area contributed by atoms with Gasteiger partial charge < -0.3 is 20.3 Å². The van der Waals surface area contributed by atoms with E-state index in [1.54, 1.807) is 18.3 Å². The van der Waals surface area contributed by atoms with Crippen molar-refractivity contribution >= 4 is 39.3 Å². The van der Waals surface area contributed by atoms with Crippen LogP contribution in [0.5, 0.6) is 0 Å². The Labute approximate surface area is 154 Å². The molecule has 3 N–H and O–H groups in total. The molecule has 2 amide bonds. The van der Waals surface area contributed by atoms with Crippen LogP contribution in [0.2, 0.25) is 0 Å². The molecule has 0 radical (unpaired) electrons. The standard InChI is InChI=1S/C16H22BrN3O3S/c1-4-11-14(15(21)23-5-2)12(19-16(22)18-11)9-20(3)8-10-6-7-13(17)24-10/h6-7,11H,4-5,8-9H2,1-3H3,(H2,18,19,22)/p+1/t11-/m0/s1. The molecule has 0 saturated heterocycles. The van der Waals surface area contributed by atoms with Gasteiger partial charge in [-0.25, -0.2) is 9.59 Å². The largest absolute Gasteiger partial charge is 0.463 e. The highest BCUT2D eigenvalue weighted by atomic mass is 79.9. The van der Waals surface area contributed by atoms with E-state index < -0.39 is 0 Å². The number of carbonyl (C=O) groups is 2. The first kappa shape index (κ1) is 19.0. The zero-order valence-corrected chi connectivity index (χ0v) is 16.5. The average molecular weight is 417 g/mol. The van der Waals surface area contributed by atoms with Gasteiger partial charge in [-0.05, 0) is 41.4 Å². The number of hydrogen-bond donors (Lipinski definition) is 3. The van der Waals surface area contributed by atoms with Gasteiger partial charge in [-0.1, -0.05) is 6.92 Å². The molecular formula is C16H23BrN3O3S+. The van der Waals surface area contributed by atoms with Gasteiger partial charge in [-0.2, -0.15) is 0 Å². The average Bonchev–Trinajstić information content (AvgIpc) is 2.91. The second kappa shape index (κ2) is 8.64. The summed E-state index contributed by atoms with van der Waals surface area (Å²) in [6, 6.07) is 3.53. The number of halogens is 1. The molecule has 2 heterocycles. The molecule has 1 aliphatic rings. The van der Waals surface area contributed by atoms with Crippen LogP contribution < -0.4 is 15.5 Å². The lowest BCUT2D eigenvalue weighted by atomic mass is 10.00. The molecule has 132 valence electrons. The third-order valence-corrected chi connectivity index (χ3v) is 5.35. The number of rotatable bonds is 7. The van der Waals surface area contributed by atoms with Crippen molar-refractivity contribution in [3.8, 4) is 0 Å². The number of likely N-dealkylation sites (N-methyl/N-ethyl adjacent to an activating group) is 1. The second-order valence-electron chi connectivity index (χ2n) is 5.69. The number of nitrogens with one attached hydrogen (secondary N) is 3. The quantitative estimate of drug-likeness (QED) is 0.588. The fourth-order valence-electron chi connectivity index (χ4n) is 2.71. The Hall–Kier alpha value is -1.38. The number of carbonyl (C=O) groups excluding carboxylic acids is 2. The van der Waals surface area contributed by atoms with Crippen LogP contribution in [0.4, 0.5) is 4.79 Å². The molecule has 1 aromatic rings. The summed E-state index contributed by atoms with van der Waals surface area (Å²) in [5.41, 5.74) is 1.18. The number of hydrogen-bond acceptors (Lipinski definition) is 4. The second-order valence-corrected chi connectivity index (χ2v) is 8.24. The summed E-state index contributed by atoms with van der Waals surface area (Å²) in [6.07, 6.45) is 0.641. The molecule has 0 spiro atoms. The first-order chi connectivity index (χ1) is 11.4. The van der Waals surface area contributed by atoms with Crippen LogP contribution in [-0.2, 0) is 16.1 Å². The van der Waals surface area contributed by atoms with Gasteiger partial charge in [-0.15, -0.1) is 11.3 Å². The minimum Gasteiger partial charge on any atom is -0.463 e. The Morgan fingerprint density at radius 1 is 1.38 bits per heavy atom. The van der Waals surface area contributed by atoms with E-state index in [-0.39, 0.29) is 18.0 Å². The van der Waals surface area contributed by atoms with Gasteiger partial charge in [-0.3, -0.25) is 0 Å². The lowest BCUT2D eigenvalue weighted by Crippen LogP contribution is -3.08. The molecule has 8 heteroatoms. The fraction of sp³-hybridized carbons (Fsp3) is 0.500. The Bertz CT molecular complexity index is 644. The van der Waals surface area contributed by atoms with Crippen LogP contribution >= 0.6 is 27.3 Å². The SMILES string of the molecule is CCOC(=O)C1=C(C[NH+](C)Cc2ccc(Br)s2)NC(=O)N[C@H]1CC. The van der Waals surface area contributed by atoms with Crippen molar-refractivity contribution in [2.45, 2.75) is 32.9 Å². The lowest BCUT2D eigenvalue weighted by Gasteiger charge is -2.29. The summed E-state index contributed by atoms with van der Waals surface area (Å²) < 4.78 is 6.28. The Morgan fingerprint density at radius 3 is 2.71 bits per heavy atom. The molecule has 24 heavy (non-hydrogen) atoms. The fourth-order valence-corrected chi connectivity index (χ4v) is 4.31.